The summed E-state index contributed by atoms with van der Waals surface area (Å²) in [5, 5.41) is 6.47. The van der Waals surface area contributed by atoms with E-state index in [4.69, 9.17) is 4.74 Å². The normalized spacial score (nSPS) is 21.2. The molecule has 0 heterocycles. The molecule has 136 valence electrons. The summed E-state index contributed by atoms with van der Waals surface area (Å²) in [6, 6.07) is 0.0517. The van der Waals surface area contributed by atoms with E-state index in [1.165, 1.54) is 0 Å². The molecular weight excluding hydrogens is 312 g/mol. The van der Waals surface area contributed by atoms with E-state index in [0.29, 0.717) is 0 Å². The van der Waals surface area contributed by atoms with Crippen LogP contribution in [0.25, 0.3) is 0 Å². The van der Waals surface area contributed by atoms with Crippen LogP contribution in [0.15, 0.2) is 0 Å². The summed E-state index contributed by atoms with van der Waals surface area (Å²) in [6.45, 7) is 12.5. The highest BCUT2D eigenvalue weighted by Crippen LogP contribution is 2.36. The molecule has 0 radical (unpaired) electrons. The average molecular weight is 347 g/mol. The minimum Gasteiger partial charge on any atom is -0.444 e. The Labute approximate surface area is 143 Å². The van der Waals surface area contributed by atoms with Gasteiger partial charge in [0.15, 0.2) is 0 Å². The Kier molecular flexibility index (Phi) is 7.08. The molecule has 0 aromatic heterocycles. The standard InChI is InChI=1S/C17H34N2O3S/c1-12(2)14(19-15(20)22-16(4,5)6)13(3)18-11-17(23(7)21)9-8-10-17/h12-14,18H,8-11H2,1-7H3,(H,19,20). The second-order valence-corrected chi connectivity index (χ2v) is 9.85. The van der Waals surface area contributed by atoms with Crippen molar-refractivity contribution in [3.8, 4) is 0 Å². The van der Waals surface area contributed by atoms with Crippen molar-refractivity contribution >= 4 is 16.9 Å². The minimum atomic E-state index is -0.821. The fourth-order valence-corrected chi connectivity index (χ4v) is 4.07. The fraction of sp³-hybridized carbons (Fsp3) is 0.941. The zero-order chi connectivity index (χ0) is 17.8. The van der Waals surface area contributed by atoms with Crippen LogP contribution in [0.1, 0.15) is 60.8 Å². The van der Waals surface area contributed by atoms with Gasteiger partial charge in [0.05, 0.1) is 4.75 Å². The van der Waals surface area contributed by atoms with Crippen LogP contribution >= 0.6 is 0 Å². The summed E-state index contributed by atoms with van der Waals surface area (Å²) in [4.78, 5) is 12.0. The van der Waals surface area contributed by atoms with Gasteiger partial charge >= 0.3 is 6.09 Å². The van der Waals surface area contributed by atoms with E-state index in [9.17, 15) is 9.00 Å². The van der Waals surface area contributed by atoms with Crippen molar-refractivity contribution in [2.75, 3.05) is 12.8 Å². The third-order valence-electron chi connectivity index (χ3n) is 4.56. The molecule has 6 heteroatoms. The number of carbonyl (C=O) groups is 1. The molecule has 0 spiro atoms. The van der Waals surface area contributed by atoms with Crippen molar-refractivity contribution in [1.29, 1.82) is 0 Å². The van der Waals surface area contributed by atoms with Crippen molar-refractivity contribution in [3.05, 3.63) is 0 Å². The Hall–Kier alpha value is -0.620. The molecule has 2 N–H and O–H groups in total. The van der Waals surface area contributed by atoms with Gasteiger partial charge in [0.25, 0.3) is 0 Å². The van der Waals surface area contributed by atoms with E-state index in [1.807, 2.05) is 20.8 Å². The van der Waals surface area contributed by atoms with E-state index in [2.05, 4.69) is 31.4 Å². The number of ether oxygens (including phenoxy) is 1. The van der Waals surface area contributed by atoms with Gasteiger partial charge in [-0.2, -0.15) is 0 Å². The summed E-state index contributed by atoms with van der Waals surface area (Å²) < 4.78 is 17.3. The third kappa shape index (κ3) is 6.07. The van der Waals surface area contributed by atoms with Gasteiger partial charge in [0.1, 0.15) is 5.60 Å². The second-order valence-electron chi connectivity index (χ2n) is 8.08. The molecule has 1 saturated carbocycles. The maximum atomic E-state index is 12.0. The predicted molar refractivity (Wildman–Crippen MR) is 96.1 cm³/mol. The van der Waals surface area contributed by atoms with Crippen LogP contribution in [-0.2, 0) is 15.5 Å². The number of rotatable bonds is 7. The molecule has 3 atom stereocenters. The van der Waals surface area contributed by atoms with E-state index < -0.39 is 16.4 Å². The molecule has 5 nitrogen and oxygen atoms in total. The second kappa shape index (κ2) is 7.97. The molecule has 0 aromatic carbocycles. The molecule has 0 aromatic rings. The Bertz CT molecular complexity index is 428. The highest BCUT2D eigenvalue weighted by Gasteiger charge is 2.41. The summed E-state index contributed by atoms with van der Waals surface area (Å²) in [5.74, 6) is 0.273. The Balaban J connectivity index is 2.59. The Morgan fingerprint density at radius 3 is 2.17 bits per heavy atom. The number of hydrogen-bond acceptors (Lipinski definition) is 4. The van der Waals surface area contributed by atoms with Crippen LogP contribution in [-0.4, -0.2) is 45.5 Å². The number of amides is 1. The molecule has 1 aliphatic rings. The van der Waals surface area contributed by atoms with Crippen molar-refractivity contribution in [2.45, 2.75) is 83.2 Å². The fourth-order valence-electron chi connectivity index (χ4n) is 2.92. The summed E-state index contributed by atoms with van der Waals surface area (Å²) in [5.41, 5.74) is -0.503. The first kappa shape index (κ1) is 20.4. The van der Waals surface area contributed by atoms with Crippen LogP contribution in [0, 0.1) is 5.92 Å². The topological polar surface area (TPSA) is 67.4 Å². The highest BCUT2D eigenvalue weighted by molar-refractivity contribution is 7.85. The molecule has 3 unspecified atom stereocenters. The smallest absolute Gasteiger partial charge is 0.407 e. The van der Waals surface area contributed by atoms with E-state index in [1.54, 1.807) is 6.26 Å². The lowest BCUT2D eigenvalue weighted by Crippen LogP contribution is -2.57. The maximum Gasteiger partial charge on any atom is 0.407 e. The highest BCUT2D eigenvalue weighted by atomic mass is 32.2. The van der Waals surface area contributed by atoms with Gasteiger partial charge in [-0.15, -0.1) is 0 Å². The molecule has 0 saturated heterocycles. The van der Waals surface area contributed by atoms with E-state index in [0.717, 1.165) is 25.8 Å². The van der Waals surface area contributed by atoms with Crippen molar-refractivity contribution in [1.82, 2.24) is 10.6 Å². The summed E-state index contributed by atoms with van der Waals surface area (Å²) in [6.07, 6.45) is 4.59. The molecule has 1 fully saturated rings. The lowest BCUT2D eigenvalue weighted by atomic mass is 9.83. The van der Waals surface area contributed by atoms with Crippen molar-refractivity contribution in [2.24, 2.45) is 5.92 Å². The molecule has 0 aliphatic heterocycles. The average Bonchev–Trinajstić information content (AvgIpc) is 2.31. The monoisotopic (exact) mass is 346 g/mol. The first-order valence-electron chi connectivity index (χ1n) is 8.53. The maximum absolute atomic E-state index is 12.0. The first-order chi connectivity index (χ1) is 10.5. The zero-order valence-electron chi connectivity index (χ0n) is 15.7. The van der Waals surface area contributed by atoms with E-state index >= 15 is 0 Å². The largest absolute Gasteiger partial charge is 0.444 e. The lowest BCUT2D eigenvalue weighted by Gasteiger charge is -2.41. The van der Waals surface area contributed by atoms with Gasteiger partial charge in [0, 0.05) is 35.7 Å². The quantitative estimate of drug-likeness (QED) is 0.744. The van der Waals surface area contributed by atoms with Gasteiger partial charge in [-0.3, -0.25) is 4.21 Å². The number of carbonyl (C=O) groups excluding carboxylic acids is 1. The number of hydrogen-bond donors (Lipinski definition) is 2. The number of nitrogens with one attached hydrogen (secondary N) is 2. The van der Waals surface area contributed by atoms with Crippen LogP contribution < -0.4 is 10.6 Å². The van der Waals surface area contributed by atoms with Gasteiger partial charge in [-0.25, -0.2) is 4.79 Å². The van der Waals surface area contributed by atoms with Gasteiger partial charge in [-0.1, -0.05) is 20.3 Å². The molecule has 23 heavy (non-hydrogen) atoms. The zero-order valence-corrected chi connectivity index (χ0v) is 16.5. The van der Waals surface area contributed by atoms with E-state index in [-0.39, 0.29) is 28.8 Å². The Morgan fingerprint density at radius 2 is 1.83 bits per heavy atom. The molecule has 1 amide bonds. The molecule has 1 aliphatic carbocycles. The SMILES string of the molecule is CC(C)C(NC(=O)OC(C)(C)C)C(C)NCC1(S(C)=O)CCC1. The lowest BCUT2D eigenvalue weighted by molar-refractivity contribution is 0.0476. The predicted octanol–water partition coefficient (Wildman–Crippen LogP) is 2.82. The van der Waals surface area contributed by atoms with Crippen LogP contribution in [0.4, 0.5) is 4.79 Å². The van der Waals surface area contributed by atoms with Crippen LogP contribution in [0.2, 0.25) is 0 Å². The molecular formula is C17H34N2O3S. The molecule has 1 rings (SSSR count). The summed E-state index contributed by atoms with van der Waals surface area (Å²) in [7, 11) is -0.821. The van der Waals surface area contributed by atoms with Crippen molar-refractivity contribution < 1.29 is 13.7 Å². The Morgan fingerprint density at radius 1 is 1.26 bits per heavy atom. The van der Waals surface area contributed by atoms with Crippen LogP contribution in [0.5, 0.6) is 0 Å². The minimum absolute atomic E-state index is 0.0349. The van der Waals surface area contributed by atoms with Crippen molar-refractivity contribution in [3.63, 3.8) is 0 Å². The van der Waals surface area contributed by atoms with Gasteiger partial charge < -0.3 is 15.4 Å². The third-order valence-corrected chi connectivity index (χ3v) is 6.33. The van der Waals surface area contributed by atoms with Gasteiger partial charge in [-0.05, 0) is 46.5 Å². The number of alkyl carbamates (subject to hydrolysis) is 1. The van der Waals surface area contributed by atoms with Gasteiger partial charge in [0.2, 0.25) is 0 Å². The van der Waals surface area contributed by atoms with Crippen LogP contribution in [0.3, 0.4) is 0 Å². The molecule has 0 bridgehead atoms. The summed E-state index contributed by atoms with van der Waals surface area (Å²) >= 11 is 0. The first-order valence-corrected chi connectivity index (χ1v) is 10.1.